The number of para-hydroxylation sites is 2. The number of carboxylic acid groups (broad SMARTS) is 2. The molecule has 3 aromatic heterocycles. The number of rotatable bonds is 26. The van der Waals surface area contributed by atoms with Gasteiger partial charge in [-0.3, -0.25) is 91.1 Å². The summed E-state index contributed by atoms with van der Waals surface area (Å²) < 4.78 is 1.38. The number of aliphatic hydroxyl groups excluding tert-OH is 2. The third-order valence-corrected chi connectivity index (χ3v) is 25.0. The lowest BCUT2D eigenvalue weighted by Gasteiger charge is -2.36. The Hall–Kier alpha value is -14.1. The number of aliphatic carboxylic acids is 2. The number of aromatic hydroxyl groups is 1. The molecule has 0 radical (unpaired) electrons. The average molecular weight is 1910 g/mol. The van der Waals surface area contributed by atoms with Gasteiger partial charge >= 0.3 is 11.9 Å². The number of imidazole rings is 1. The molecule has 15 atom stereocenters. The number of benzene rings is 3. The molecule has 9 rings (SSSR count). The number of carboxylic acids is 2. The summed E-state index contributed by atoms with van der Waals surface area (Å²) in [6.07, 6.45) is 0.817. The number of amides is 17. The highest BCUT2D eigenvalue weighted by molar-refractivity contribution is 8.00. The third kappa shape index (κ3) is 28.5. The molecular formula is C89H120N22O24S. The van der Waals surface area contributed by atoms with Crippen molar-refractivity contribution in [3.05, 3.63) is 120 Å². The second-order valence-electron chi connectivity index (χ2n) is 33.9. The van der Waals surface area contributed by atoms with E-state index in [1.165, 1.54) is 81.8 Å². The molecule has 46 nitrogen and oxygen atoms in total. The molecule has 0 aliphatic carbocycles. The number of aliphatic hydroxyl groups is 2. The summed E-state index contributed by atoms with van der Waals surface area (Å²) in [6.45, 7) is 0.845. The van der Waals surface area contributed by atoms with Crippen LogP contribution in [0.4, 0.5) is 0 Å². The Balaban J connectivity index is 1.11. The number of H-pyrrole nitrogens is 2. The molecule has 136 heavy (non-hydrogen) atoms. The zero-order chi connectivity index (χ0) is 99.5. The SMILES string of the molecule is CCCC[C@H]1C(=O)N(C)[C@@H](CCCC)C(=O)N[C@@H](CN)C(=O)N[C@H](C(=O)NCC(N)=O)CSCC(=O)N[C@@H](Cc2ccc(O)cc2)C(=O)N(C)[C@@H](C)C(=O)N[C@H](CC(N)=O)C(=O)N2CCC[C@H]2C(=O)N[C@@H](Cc2cnc[nH]2)C(=O)N[C@@H](CCC(=O)O)C(=O)N2C[C@H](O)C[C@H]2C(=O)N[C@@H](Cc2c[nH]c3ccccc23)C(=O)N[C@@H](CO)C(=O)N[C@@H](Cc2cn(CC(=O)O)c3ccccc23)C(=O)N1C. The standard InChI is InChI=1S/C89H120N22O24S/c1-7-9-19-67-82(128)103-63(36-90)80(126)105-65(77(123)95-39-72(92)116)44-136-45-73(117)97-60(30-48-23-25-52(113)26-24-48)85(131)106(4)47(3)76(122)101-62(35-71(91)115)88(134)110-29-15-22-68(110)83(129)100-59(33-51-38-93-46-96-51)79(125)98-57(27-28-74(118)119)87(133)111-41-53(114)34-70(111)84(130)99-58(31-49-37-94-56-18-13-11-16-54(49)56)78(124)104-64(43-112)81(127)102-61(86(132)108(6)69(20-10-8-2)89(135)107(67)5)32-50-40-109(42-75(120)121)66-21-14-12-17-55(50)66/h11-14,16-18,21,23-26,37-38,40,46-47,53,57-65,67-70,94,112-114H,7-10,15,19-20,22,27-36,39,41-45,90H2,1-6H3,(H2,91,115)(H2,92,116)(H,93,96)(H,95,123)(H,97,117)(H,98,125)(H,99,130)(H,100,129)(H,101,122)(H,102,127)(H,103,128)(H,104,124)(H,105,126)(H,118,119)(H,120,121)/t47-,53+,57-,58-,59-,60-,61-,62+,63-,64-,65-,67-,68-,69-,70-/m0/s1. The number of phenolic OH excluding ortho intramolecular Hbond substituents is 1. The van der Waals surface area contributed by atoms with E-state index in [1.807, 2.05) is 0 Å². The molecule has 6 aromatic rings. The number of unbranched alkanes of at least 4 members (excludes halogenated alkanes) is 2. The fraction of sp³-hybridized carbons (Fsp3) is 0.506. The van der Waals surface area contributed by atoms with Crippen LogP contribution in [0.15, 0.2) is 97.7 Å². The minimum absolute atomic E-state index is 0.0675. The van der Waals surface area contributed by atoms with E-state index in [0.29, 0.717) is 45.8 Å². The first kappa shape index (κ1) is 106. The summed E-state index contributed by atoms with van der Waals surface area (Å²) in [7, 11) is 3.73. The number of thioether (sulfide) groups is 1. The molecule has 0 spiro atoms. The lowest BCUT2D eigenvalue weighted by atomic mass is 10.00. The number of nitrogens with zero attached hydrogens (tertiary/aromatic N) is 7. The van der Waals surface area contributed by atoms with Crippen molar-refractivity contribution in [1.29, 1.82) is 0 Å². The molecular weight excluding hydrogens is 1790 g/mol. The largest absolute Gasteiger partial charge is 0.508 e. The highest BCUT2D eigenvalue weighted by Gasteiger charge is 2.47. The molecule has 3 aliphatic rings. The van der Waals surface area contributed by atoms with Gasteiger partial charge in [-0.25, -0.2) is 4.98 Å². The Morgan fingerprint density at radius 1 is 0.559 bits per heavy atom. The number of phenols is 1. The van der Waals surface area contributed by atoms with Crippen LogP contribution in [0.3, 0.4) is 0 Å². The van der Waals surface area contributed by atoms with Gasteiger partial charge in [-0.1, -0.05) is 88.1 Å². The summed E-state index contributed by atoms with van der Waals surface area (Å²) >= 11 is 0.727. The molecule has 3 fully saturated rings. The van der Waals surface area contributed by atoms with Crippen LogP contribution in [0.25, 0.3) is 21.8 Å². The van der Waals surface area contributed by atoms with E-state index >= 15 is 33.6 Å². The number of hydrogen-bond donors (Lipinski definition) is 20. The van der Waals surface area contributed by atoms with Crippen LogP contribution in [0.2, 0.25) is 0 Å². The van der Waals surface area contributed by atoms with Crippen molar-refractivity contribution in [2.24, 2.45) is 17.2 Å². The third-order valence-electron chi connectivity index (χ3n) is 24.0. The van der Waals surface area contributed by atoms with Gasteiger partial charge in [0.15, 0.2) is 0 Å². The van der Waals surface area contributed by atoms with Gasteiger partial charge in [-0.2, -0.15) is 0 Å². The van der Waals surface area contributed by atoms with E-state index in [9.17, 15) is 83.1 Å². The van der Waals surface area contributed by atoms with Gasteiger partial charge in [0, 0.05) is 131 Å². The molecule has 6 heterocycles. The maximum Gasteiger partial charge on any atom is 0.323 e. The van der Waals surface area contributed by atoms with E-state index in [-0.39, 0.29) is 68.5 Å². The number of fused-ring (bicyclic) bond motifs is 4. The highest BCUT2D eigenvalue weighted by atomic mass is 32.2. The molecule has 3 aliphatic heterocycles. The predicted octanol–water partition coefficient (Wildman–Crippen LogP) is -4.86. The lowest BCUT2D eigenvalue weighted by Crippen LogP contribution is -2.62. The maximum absolute atomic E-state index is 15.8. The first-order chi connectivity index (χ1) is 64.7. The van der Waals surface area contributed by atoms with E-state index in [4.69, 9.17) is 17.2 Å². The number of aromatic nitrogens is 4. The normalized spacial score (nSPS) is 24.6. The van der Waals surface area contributed by atoms with Crippen molar-refractivity contribution in [3.8, 4) is 5.75 Å². The van der Waals surface area contributed by atoms with Crippen LogP contribution in [-0.2, 0) is 123 Å². The van der Waals surface area contributed by atoms with Gasteiger partial charge in [-0.05, 0) is 80.0 Å². The second kappa shape index (κ2) is 49.8. The molecule has 3 saturated heterocycles. The van der Waals surface area contributed by atoms with Crippen molar-refractivity contribution in [2.45, 2.75) is 221 Å². The molecule has 47 heteroatoms. The van der Waals surface area contributed by atoms with Crippen LogP contribution in [0.5, 0.6) is 5.75 Å². The number of likely N-dealkylation sites (N-methyl/N-ethyl adjacent to an activating group) is 3. The average Bonchev–Trinajstić information content (AvgIpc) is 1.65. The first-order valence-corrected chi connectivity index (χ1v) is 45.7. The Bertz CT molecular complexity index is 5340. The molecule has 17 amide bonds. The van der Waals surface area contributed by atoms with Crippen molar-refractivity contribution >= 4 is 146 Å². The minimum atomic E-state index is -2.01. The molecule has 0 unspecified atom stereocenters. The summed E-state index contributed by atoms with van der Waals surface area (Å²) in [5.41, 5.74) is 19.5. The summed E-state index contributed by atoms with van der Waals surface area (Å²) in [4.78, 5) is 289. The zero-order valence-electron chi connectivity index (χ0n) is 76.1. The van der Waals surface area contributed by atoms with Crippen molar-refractivity contribution in [1.82, 2.24) is 97.2 Å². The second-order valence-corrected chi connectivity index (χ2v) is 34.9. The van der Waals surface area contributed by atoms with Crippen LogP contribution < -0.4 is 70.4 Å². The fourth-order valence-corrected chi connectivity index (χ4v) is 17.4. The van der Waals surface area contributed by atoms with Gasteiger partial charge in [0.1, 0.15) is 96.9 Å². The van der Waals surface area contributed by atoms with Crippen LogP contribution >= 0.6 is 11.8 Å². The fourth-order valence-electron chi connectivity index (χ4n) is 16.5. The number of nitrogens with two attached hydrogens (primary N) is 3. The summed E-state index contributed by atoms with van der Waals surface area (Å²) in [5.74, 6) is -21.6. The van der Waals surface area contributed by atoms with Crippen molar-refractivity contribution in [3.63, 3.8) is 0 Å². The quantitative estimate of drug-likeness (QED) is 0.0242. The summed E-state index contributed by atoms with van der Waals surface area (Å²) in [6, 6.07) is -4.76. The number of hydrogen-bond acceptors (Lipinski definition) is 25. The van der Waals surface area contributed by atoms with E-state index < -0.39 is 292 Å². The number of carbonyl (C=O) groups is 19. The Labute approximate surface area is 785 Å². The van der Waals surface area contributed by atoms with Gasteiger partial charge in [-0.15, -0.1) is 11.8 Å². The van der Waals surface area contributed by atoms with Gasteiger partial charge in [0.2, 0.25) is 100 Å². The van der Waals surface area contributed by atoms with E-state index in [0.717, 1.165) is 36.3 Å². The Morgan fingerprint density at radius 3 is 1.77 bits per heavy atom. The number of primary amides is 2. The summed E-state index contributed by atoms with van der Waals surface area (Å²) in [5, 5.41) is 79.3. The van der Waals surface area contributed by atoms with E-state index in [1.54, 1.807) is 62.4 Å². The number of aromatic amines is 2. The van der Waals surface area contributed by atoms with Gasteiger partial charge < -0.3 is 135 Å². The molecule has 736 valence electrons. The predicted molar refractivity (Wildman–Crippen MR) is 488 cm³/mol. The smallest absolute Gasteiger partial charge is 0.323 e. The van der Waals surface area contributed by atoms with Gasteiger partial charge in [0.25, 0.3) is 0 Å². The zero-order valence-corrected chi connectivity index (χ0v) is 76.9. The van der Waals surface area contributed by atoms with Crippen LogP contribution in [0, 0.1) is 0 Å². The Morgan fingerprint density at radius 2 is 1.13 bits per heavy atom. The molecule has 0 saturated carbocycles. The van der Waals surface area contributed by atoms with E-state index in [2.05, 4.69) is 68.1 Å². The van der Waals surface area contributed by atoms with Crippen molar-refractivity contribution < 1.29 is 117 Å². The molecule has 23 N–H and O–H groups in total. The molecule has 0 bridgehead atoms. The molecule has 3 aromatic carbocycles. The van der Waals surface area contributed by atoms with Crippen molar-refractivity contribution in [2.75, 3.05) is 65.4 Å². The van der Waals surface area contributed by atoms with Crippen LogP contribution in [0.1, 0.15) is 120 Å². The van der Waals surface area contributed by atoms with Gasteiger partial charge in [0.05, 0.1) is 37.8 Å². The Kier molecular flexibility index (Phi) is 38.6. The number of nitrogens with one attached hydrogen (secondary N) is 12. The minimum Gasteiger partial charge on any atom is -0.508 e. The maximum atomic E-state index is 15.8. The number of carbonyl (C=O) groups excluding carboxylic acids is 17. The first-order valence-electron chi connectivity index (χ1n) is 44.6. The monoisotopic (exact) mass is 1910 g/mol. The van der Waals surface area contributed by atoms with Crippen LogP contribution in [-0.4, -0.2) is 338 Å². The topological polar surface area (TPSA) is 689 Å². The highest BCUT2D eigenvalue weighted by Crippen LogP contribution is 2.29. The lowest BCUT2D eigenvalue weighted by molar-refractivity contribution is -0.149.